The van der Waals surface area contributed by atoms with Crippen LogP contribution in [0.15, 0.2) is 29.3 Å². The van der Waals surface area contributed by atoms with Crippen molar-refractivity contribution in [3.8, 4) is 5.75 Å². The highest BCUT2D eigenvalue weighted by Crippen LogP contribution is 2.29. The number of para-hydroxylation sites is 1. The summed E-state index contributed by atoms with van der Waals surface area (Å²) in [6.07, 6.45) is 1.02. The molecule has 0 bridgehead atoms. The average Bonchev–Trinajstić information content (AvgIpc) is 2.40. The summed E-state index contributed by atoms with van der Waals surface area (Å²) in [5.41, 5.74) is 7.01. The Hall–Kier alpha value is -1.71. The predicted octanol–water partition coefficient (Wildman–Crippen LogP) is 1.82. The zero-order chi connectivity index (χ0) is 13.0. The lowest BCUT2D eigenvalue weighted by Gasteiger charge is -2.29. The molecule has 1 unspecified atom stereocenters. The number of nitrogens with zero attached hydrogens (tertiary/aromatic N) is 2. The zero-order valence-corrected chi connectivity index (χ0v) is 11.1. The van der Waals surface area contributed by atoms with Gasteiger partial charge in [0.2, 0.25) is 0 Å². The summed E-state index contributed by atoms with van der Waals surface area (Å²) in [6, 6.07) is 8.22. The van der Waals surface area contributed by atoms with Crippen LogP contribution in [0.3, 0.4) is 0 Å². The summed E-state index contributed by atoms with van der Waals surface area (Å²) in [4.78, 5) is 6.35. The van der Waals surface area contributed by atoms with Gasteiger partial charge in [-0.15, -0.1) is 0 Å². The van der Waals surface area contributed by atoms with Crippen LogP contribution in [0.4, 0.5) is 0 Å². The Morgan fingerprint density at radius 3 is 2.94 bits per heavy atom. The fraction of sp³-hybridized carbons (Fsp3) is 0.500. The van der Waals surface area contributed by atoms with Crippen LogP contribution in [0.25, 0.3) is 0 Å². The molecule has 0 spiro atoms. The molecule has 1 aliphatic heterocycles. The molecule has 1 atom stereocenters. The lowest BCUT2D eigenvalue weighted by atomic mass is 9.96. The lowest BCUT2D eigenvalue weighted by molar-refractivity contribution is 0.308. The Balaban J connectivity index is 2.18. The maximum atomic E-state index is 5.80. The van der Waals surface area contributed by atoms with Crippen molar-refractivity contribution in [1.82, 2.24) is 4.90 Å². The molecule has 0 saturated heterocycles. The topological polar surface area (TPSA) is 50.9 Å². The van der Waals surface area contributed by atoms with Gasteiger partial charge in [-0.3, -0.25) is 4.99 Å². The SMILES string of the molecule is CCCOc1ccccc1C1CN=C(N)N(C)C1. The van der Waals surface area contributed by atoms with Crippen LogP contribution >= 0.6 is 0 Å². The Morgan fingerprint density at radius 1 is 1.44 bits per heavy atom. The molecule has 0 aromatic heterocycles. The number of likely N-dealkylation sites (N-methyl/N-ethyl adjacent to an activating group) is 1. The summed E-state index contributed by atoms with van der Waals surface area (Å²) in [5, 5.41) is 0. The molecule has 1 heterocycles. The molecule has 2 N–H and O–H groups in total. The van der Waals surface area contributed by atoms with Crippen molar-refractivity contribution in [3.63, 3.8) is 0 Å². The van der Waals surface area contributed by atoms with Gasteiger partial charge in [0.15, 0.2) is 5.96 Å². The number of nitrogens with two attached hydrogens (primary N) is 1. The Morgan fingerprint density at radius 2 is 2.22 bits per heavy atom. The number of rotatable bonds is 4. The minimum absolute atomic E-state index is 0.357. The summed E-state index contributed by atoms with van der Waals surface area (Å²) in [5.74, 6) is 1.96. The molecule has 4 heteroatoms. The highest BCUT2D eigenvalue weighted by Gasteiger charge is 2.22. The average molecular weight is 247 g/mol. The van der Waals surface area contributed by atoms with E-state index in [-0.39, 0.29) is 0 Å². The first-order chi connectivity index (χ1) is 8.72. The van der Waals surface area contributed by atoms with E-state index in [4.69, 9.17) is 10.5 Å². The zero-order valence-electron chi connectivity index (χ0n) is 11.1. The number of guanidine groups is 1. The molecule has 98 valence electrons. The number of ether oxygens (including phenoxy) is 1. The molecule has 1 aliphatic rings. The predicted molar refractivity (Wildman–Crippen MR) is 74.1 cm³/mol. The fourth-order valence-electron chi connectivity index (χ4n) is 2.16. The number of benzene rings is 1. The maximum Gasteiger partial charge on any atom is 0.191 e. The highest BCUT2D eigenvalue weighted by atomic mass is 16.5. The summed E-state index contributed by atoms with van der Waals surface area (Å²) < 4.78 is 5.80. The molecule has 1 aromatic rings. The van der Waals surface area contributed by atoms with E-state index in [1.54, 1.807) is 0 Å². The third-order valence-electron chi connectivity index (χ3n) is 3.18. The largest absolute Gasteiger partial charge is 0.493 e. The van der Waals surface area contributed by atoms with Crippen molar-refractivity contribution in [3.05, 3.63) is 29.8 Å². The smallest absolute Gasteiger partial charge is 0.191 e. The first-order valence-corrected chi connectivity index (χ1v) is 6.45. The molecule has 0 radical (unpaired) electrons. The molecule has 0 aliphatic carbocycles. The van der Waals surface area contributed by atoms with Crippen LogP contribution in [-0.4, -0.2) is 37.6 Å². The Labute approximate surface area is 108 Å². The van der Waals surface area contributed by atoms with Crippen LogP contribution in [0.1, 0.15) is 24.8 Å². The summed E-state index contributed by atoms with van der Waals surface area (Å²) in [7, 11) is 1.97. The first kappa shape index (κ1) is 12.7. The highest BCUT2D eigenvalue weighted by molar-refractivity contribution is 5.78. The van der Waals surface area contributed by atoms with Crippen LogP contribution in [0, 0.1) is 0 Å². The minimum Gasteiger partial charge on any atom is -0.493 e. The number of aliphatic imine (C=N–C) groups is 1. The maximum absolute atomic E-state index is 5.80. The molecule has 4 nitrogen and oxygen atoms in total. The van der Waals surface area contributed by atoms with E-state index in [9.17, 15) is 0 Å². The summed E-state index contributed by atoms with van der Waals surface area (Å²) >= 11 is 0. The van der Waals surface area contributed by atoms with Crippen LogP contribution in [0.5, 0.6) is 5.75 Å². The molecule has 1 aromatic carbocycles. The van der Waals surface area contributed by atoms with E-state index in [0.717, 1.165) is 31.9 Å². The van der Waals surface area contributed by atoms with Gasteiger partial charge in [0.1, 0.15) is 5.75 Å². The fourth-order valence-corrected chi connectivity index (χ4v) is 2.16. The second-order valence-electron chi connectivity index (χ2n) is 4.66. The van der Waals surface area contributed by atoms with E-state index < -0.39 is 0 Å². The van der Waals surface area contributed by atoms with E-state index in [1.165, 1.54) is 5.56 Å². The molecular weight excluding hydrogens is 226 g/mol. The first-order valence-electron chi connectivity index (χ1n) is 6.45. The van der Waals surface area contributed by atoms with Gasteiger partial charge in [-0.25, -0.2) is 0 Å². The van der Waals surface area contributed by atoms with Gasteiger partial charge in [-0.1, -0.05) is 25.1 Å². The normalized spacial score (nSPS) is 19.6. The molecule has 2 rings (SSSR count). The van der Waals surface area contributed by atoms with Crippen molar-refractivity contribution < 1.29 is 4.74 Å². The minimum atomic E-state index is 0.357. The van der Waals surface area contributed by atoms with Crippen LogP contribution < -0.4 is 10.5 Å². The molecule has 0 saturated carbocycles. The Bertz CT molecular complexity index is 431. The van der Waals surface area contributed by atoms with Gasteiger partial charge in [0, 0.05) is 25.1 Å². The van der Waals surface area contributed by atoms with Gasteiger partial charge in [0.25, 0.3) is 0 Å². The Kier molecular flexibility index (Phi) is 4.07. The van der Waals surface area contributed by atoms with Crippen LogP contribution in [0.2, 0.25) is 0 Å². The van der Waals surface area contributed by atoms with Gasteiger partial charge in [0.05, 0.1) is 13.2 Å². The number of hydrogen-bond donors (Lipinski definition) is 1. The van der Waals surface area contributed by atoms with Gasteiger partial charge in [-0.05, 0) is 12.5 Å². The standard InChI is InChI=1S/C14H21N3O/c1-3-8-18-13-7-5-4-6-12(13)11-9-16-14(15)17(2)10-11/h4-7,11H,3,8-10H2,1-2H3,(H2,15,16). The third-order valence-corrected chi connectivity index (χ3v) is 3.18. The van der Waals surface area contributed by atoms with E-state index in [1.807, 2.05) is 24.1 Å². The molecule has 18 heavy (non-hydrogen) atoms. The summed E-state index contributed by atoms with van der Waals surface area (Å²) in [6.45, 7) is 4.50. The second kappa shape index (κ2) is 5.76. The number of hydrogen-bond acceptors (Lipinski definition) is 4. The lowest BCUT2D eigenvalue weighted by Crippen LogP contribution is -2.41. The van der Waals surface area contributed by atoms with E-state index in [0.29, 0.717) is 11.9 Å². The van der Waals surface area contributed by atoms with E-state index >= 15 is 0 Å². The van der Waals surface area contributed by atoms with E-state index in [2.05, 4.69) is 24.0 Å². The monoisotopic (exact) mass is 247 g/mol. The van der Waals surface area contributed by atoms with Crippen molar-refractivity contribution in [2.75, 3.05) is 26.7 Å². The second-order valence-corrected chi connectivity index (χ2v) is 4.66. The molecule has 0 fully saturated rings. The van der Waals surface area contributed by atoms with Gasteiger partial charge < -0.3 is 15.4 Å². The van der Waals surface area contributed by atoms with Crippen molar-refractivity contribution in [2.45, 2.75) is 19.3 Å². The van der Waals surface area contributed by atoms with Crippen molar-refractivity contribution >= 4 is 5.96 Å². The van der Waals surface area contributed by atoms with Crippen molar-refractivity contribution in [2.24, 2.45) is 10.7 Å². The quantitative estimate of drug-likeness (QED) is 0.883. The van der Waals surface area contributed by atoms with Gasteiger partial charge >= 0.3 is 0 Å². The molecular formula is C14H21N3O. The van der Waals surface area contributed by atoms with Gasteiger partial charge in [-0.2, -0.15) is 0 Å². The molecule has 0 amide bonds. The van der Waals surface area contributed by atoms with Crippen LogP contribution in [-0.2, 0) is 0 Å². The van der Waals surface area contributed by atoms with Crippen molar-refractivity contribution in [1.29, 1.82) is 0 Å². The third kappa shape index (κ3) is 2.75.